The number of para-hydroxylation sites is 4. The minimum atomic E-state index is -0.646. The smallest absolute Gasteiger partial charge is 0.145 e. The molecule has 1 aliphatic heterocycles. The molecule has 10 aromatic rings. The van der Waals surface area contributed by atoms with E-state index >= 15 is 0 Å². The number of nitrogens with zero attached hydrogens (tertiary/aromatic N) is 2. The molecule has 0 saturated heterocycles. The summed E-state index contributed by atoms with van der Waals surface area (Å²) in [6.07, 6.45) is 9.78. The molecule has 70 heavy (non-hydrogen) atoms. The van der Waals surface area contributed by atoms with Crippen LogP contribution in [0.4, 0.5) is 17.1 Å². The summed E-state index contributed by atoms with van der Waals surface area (Å²) in [7, 11) is 0. The summed E-state index contributed by atoms with van der Waals surface area (Å²) in [5.41, 5.74) is 20.3. The Labute approximate surface area is 409 Å². The van der Waals surface area contributed by atoms with Gasteiger partial charge in [-0.1, -0.05) is 173 Å². The van der Waals surface area contributed by atoms with Gasteiger partial charge < -0.3 is 18.6 Å². The van der Waals surface area contributed by atoms with Gasteiger partial charge in [0.1, 0.15) is 22.3 Å². The molecule has 2 aromatic heterocycles. The summed E-state index contributed by atoms with van der Waals surface area (Å²) in [6, 6.07) is 63.3. The number of rotatable bonds is 6. The van der Waals surface area contributed by atoms with Crippen LogP contribution in [0.5, 0.6) is 0 Å². The highest BCUT2D eigenvalue weighted by Gasteiger charge is 2.54. The molecular weight excluding hydrogens is 853 g/mol. The van der Waals surface area contributed by atoms with Gasteiger partial charge in [-0.05, 0) is 119 Å². The molecule has 1 saturated carbocycles. The van der Waals surface area contributed by atoms with Crippen LogP contribution in [0.2, 0.25) is 0 Å². The van der Waals surface area contributed by atoms with Crippen LogP contribution >= 0.6 is 0 Å². The van der Waals surface area contributed by atoms with Gasteiger partial charge in [-0.25, -0.2) is 0 Å². The van der Waals surface area contributed by atoms with Crippen LogP contribution in [0.3, 0.4) is 0 Å². The van der Waals surface area contributed by atoms with E-state index in [-0.39, 0.29) is 17.5 Å². The van der Waals surface area contributed by atoms with Gasteiger partial charge in [0.25, 0.3) is 0 Å². The molecule has 0 N–H and O–H groups in total. The van der Waals surface area contributed by atoms with Gasteiger partial charge in [0.05, 0.1) is 16.5 Å². The fourth-order valence-electron chi connectivity index (χ4n) is 13.6. The van der Waals surface area contributed by atoms with E-state index in [0.717, 1.165) is 74.3 Å². The van der Waals surface area contributed by atoms with E-state index in [1.54, 1.807) is 0 Å². The lowest BCUT2D eigenvalue weighted by Crippen LogP contribution is -2.45. The van der Waals surface area contributed by atoms with Crippen LogP contribution in [-0.4, -0.2) is 12.1 Å². The van der Waals surface area contributed by atoms with Gasteiger partial charge in [-0.2, -0.15) is 0 Å². The average Bonchev–Trinajstić information content (AvgIpc) is 4.18. The number of hydrogen-bond acceptors (Lipinski definition) is 4. The van der Waals surface area contributed by atoms with Crippen molar-refractivity contribution in [1.82, 2.24) is 0 Å². The Balaban J connectivity index is 1.09. The zero-order valence-corrected chi connectivity index (χ0v) is 40.2. The molecule has 1 spiro atoms. The Morgan fingerprint density at radius 3 is 2.00 bits per heavy atom. The maximum Gasteiger partial charge on any atom is 0.145 e. The maximum atomic E-state index is 7.44. The van der Waals surface area contributed by atoms with Crippen molar-refractivity contribution in [1.29, 1.82) is 0 Å². The highest BCUT2D eigenvalue weighted by Crippen LogP contribution is 2.67. The molecule has 3 aliphatic carbocycles. The van der Waals surface area contributed by atoms with Gasteiger partial charge in [-0.15, -0.1) is 0 Å². The Morgan fingerprint density at radius 1 is 0.629 bits per heavy atom. The number of allylic oxidation sites excluding steroid dienone is 5. The molecule has 2 unspecified atom stereocenters. The molecule has 4 heteroatoms. The van der Waals surface area contributed by atoms with E-state index in [9.17, 15) is 0 Å². The topological polar surface area (TPSA) is 32.8 Å². The van der Waals surface area contributed by atoms with E-state index in [4.69, 9.17) is 8.83 Å². The van der Waals surface area contributed by atoms with E-state index in [1.165, 1.54) is 67.3 Å². The SMILES string of the molecule is C=C/C(=C\C=C(/C)N(c1cc2c(c3oc4ccccc4c13)-c1c(ccc3c1oc1ccccc13)C21c2ccccc2-c2ccccc21)[C@@H]1CCC2c3ccccc3N(c3ccccc3)C2C1)C(C)(C)C. The summed E-state index contributed by atoms with van der Waals surface area (Å²) in [5, 5.41) is 4.49. The highest BCUT2D eigenvalue weighted by molar-refractivity contribution is 6.22. The minimum absolute atomic E-state index is 0.0712. The Morgan fingerprint density at radius 2 is 1.26 bits per heavy atom. The van der Waals surface area contributed by atoms with Crippen LogP contribution in [-0.2, 0) is 5.41 Å². The van der Waals surface area contributed by atoms with Gasteiger partial charge in [0.15, 0.2) is 0 Å². The summed E-state index contributed by atoms with van der Waals surface area (Å²) in [4.78, 5) is 5.38. The number of hydrogen-bond donors (Lipinski definition) is 0. The van der Waals surface area contributed by atoms with Crippen molar-refractivity contribution in [2.24, 2.45) is 5.41 Å². The van der Waals surface area contributed by atoms with E-state index < -0.39 is 5.41 Å². The number of anilines is 3. The van der Waals surface area contributed by atoms with Gasteiger partial charge >= 0.3 is 0 Å². The maximum absolute atomic E-state index is 7.44. The Kier molecular flexibility index (Phi) is 8.88. The number of benzene rings is 8. The van der Waals surface area contributed by atoms with Crippen molar-refractivity contribution in [2.45, 2.75) is 70.4 Å². The summed E-state index contributed by atoms with van der Waals surface area (Å²) in [5.74, 6) is 0.428. The molecule has 4 nitrogen and oxygen atoms in total. The zero-order chi connectivity index (χ0) is 47.0. The highest BCUT2D eigenvalue weighted by atomic mass is 16.3. The predicted molar refractivity (Wildman–Crippen MR) is 290 cm³/mol. The van der Waals surface area contributed by atoms with Crippen LogP contribution < -0.4 is 9.80 Å². The van der Waals surface area contributed by atoms with Crippen LogP contribution in [0, 0.1) is 5.41 Å². The summed E-state index contributed by atoms with van der Waals surface area (Å²) in [6.45, 7) is 13.4. The van der Waals surface area contributed by atoms with E-state index in [1.807, 2.05) is 6.08 Å². The van der Waals surface area contributed by atoms with Gasteiger partial charge in [0.2, 0.25) is 0 Å². The Hall–Kier alpha value is -7.82. The first-order valence-electron chi connectivity index (χ1n) is 25.1. The first kappa shape index (κ1) is 41.2. The molecule has 4 aliphatic rings. The van der Waals surface area contributed by atoms with Crippen molar-refractivity contribution in [3.63, 3.8) is 0 Å². The monoisotopic (exact) mass is 906 g/mol. The molecule has 340 valence electrons. The van der Waals surface area contributed by atoms with E-state index in [2.05, 4.69) is 226 Å². The average molecular weight is 907 g/mol. The third-order valence-electron chi connectivity index (χ3n) is 16.5. The number of furan rings is 2. The second-order valence-electron chi connectivity index (χ2n) is 21.1. The second-order valence-corrected chi connectivity index (χ2v) is 21.1. The molecule has 0 amide bonds. The van der Waals surface area contributed by atoms with Gasteiger partial charge in [-0.3, -0.25) is 0 Å². The molecule has 8 aromatic carbocycles. The van der Waals surface area contributed by atoms with Crippen molar-refractivity contribution >= 4 is 60.9 Å². The molecule has 0 bridgehead atoms. The minimum Gasteiger partial charge on any atom is -0.455 e. The van der Waals surface area contributed by atoms with Crippen molar-refractivity contribution in [3.05, 3.63) is 234 Å². The quantitative estimate of drug-likeness (QED) is 0.156. The summed E-state index contributed by atoms with van der Waals surface area (Å²) >= 11 is 0. The van der Waals surface area contributed by atoms with E-state index in [0.29, 0.717) is 5.92 Å². The molecule has 1 fully saturated rings. The first-order valence-corrected chi connectivity index (χ1v) is 25.1. The number of fused-ring (bicyclic) bond motifs is 21. The third-order valence-corrected chi connectivity index (χ3v) is 16.5. The van der Waals surface area contributed by atoms with Crippen LogP contribution in [0.1, 0.15) is 80.7 Å². The van der Waals surface area contributed by atoms with Crippen molar-refractivity contribution in [2.75, 3.05) is 9.80 Å². The Bertz CT molecular complexity index is 3830. The molecule has 3 atom stereocenters. The molecule has 3 heterocycles. The van der Waals surface area contributed by atoms with Crippen molar-refractivity contribution in [3.8, 4) is 22.3 Å². The first-order chi connectivity index (χ1) is 34.3. The fourth-order valence-corrected chi connectivity index (χ4v) is 13.6. The summed E-state index contributed by atoms with van der Waals surface area (Å²) < 4.78 is 14.5. The molecule has 0 radical (unpaired) electrons. The molecular formula is C66H54N2O2. The van der Waals surface area contributed by atoms with Gasteiger partial charge in [0, 0.05) is 62.4 Å². The largest absolute Gasteiger partial charge is 0.455 e. The third kappa shape index (κ3) is 5.59. The standard InChI is InChI=1S/C66H54N2O2/c1-6-41(65(3,4)5)33-32-40(2)67(43-34-35-47-46-24-12-17-29-55(46)68(56(47)38-43)42-20-8-7-9-21-42)57-39-54-62(64-60(57)50-26-14-19-31-59(50)70-64)61-53(37-36-49-48-25-13-18-30-58(48)69-63(49)61)66(54)51-27-15-10-22-44(51)45-23-11-16-28-52(45)66/h6-33,36-37,39,43,47,56H,1,34-35,38H2,2-5H3/b40-32+,41-33+/t43-,47?,56?/m1/s1. The lowest BCUT2D eigenvalue weighted by Gasteiger charge is -2.44. The lowest BCUT2D eigenvalue weighted by molar-refractivity contribution is 0.354. The predicted octanol–water partition coefficient (Wildman–Crippen LogP) is 17.6. The van der Waals surface area contributed by atoms with Crippen LogP contribution in [0.15, 0.2) is 215 Å². The normalized spacial score (nSPS) is 18.9. The molecule has 14 rings (SSSR count). The lowest BCUT2D eigenvalue weighted by atomic mass is 9.70. The fraction of sp³-hybridized carbons (Fsp3) is 0.182. The van der Waals surface area contributed by atoms with Crippen molar-refractivity contribution < 1.29 is 8.83 Å². The zero-order valence-electron chi connectivity index (χ0n) is 40.2. The van der Waals surface area contributed by atoms with Crippen LogP contribution in [0.25, 0.3) is 66.1 Å². The second kappa shape index (κ2) is 15.1.